The molecule has 0 fully saturated rings. The molecule has 114 valence electrons. The standard InChI is InChI=1S/C22H26/c1-6-19(22-13-11-21(12-14-22)17(4)5)15-18-7-9-20(10-8-18)16(2)3/h7-14,19H,2,4,6,15H2,1,3,5H3. The predicted molar refractivity (Wildman–Crippen MR) is 99.0 cm³/mol. The molecule has 0 aliphatic rings. The van der Waals surface area contributed by atoms with Crippen molar-refractivity contribution in [2.24, 2.45) is 0 Å². The van der Waals surface area contributed by atoms with Crippen LogP contribution < -0.4 is 0 Å². The average Bonchev–Trinajstić information content (AvgIpc) is 2.53. The van der Waals surface area contributed by atoms with Gasteiger partial charge in [0.15, 0.2) is 0 Å². The van der Waals surface area contributed by atoms with Crippen LogP contribution in [0.2, 0.25) is 0 Å². The largest absolute Gasteiger partial charge is 0.0955 e. The smallest absolute Gasteiger partial charge is 0.0124 e. The lowest BCUT2D eigenvalue weighted by atomic mass is 9.88. The van der Waals surface area contributed by atoms with Crippen LogP contribution in [0.25, 0.3) is 11.1 Å². The Balaban J connectivity index is 2.14. The fourth-order valence-electron chi connectivity index (χ4n) is 2.75. The lowest BCUT2D eigenvalue weighted by Gasteiger charge is -2.16. The molecule has 22 heavy (non-hydrogen) atoms. The first-order valence-electron chi connectivity index (χ1n) is 8.02. The van der Waals surface area contributed by atoms with Crippen LogP contribution in [0, 0.1) is 0 Å². The van der Waals surface area contributed by atoms with E-state index in [4.69, 9.17) is 0 Å². The third-order valence-corrected chi connectivity index (χ3v) is 4.30. The molecule has 1 atom stereocenters. The fraction of sp³-hybridized carbons (Fsp3) is 0.273. The molecule has 0 spiro atoms. The van der Waals surface area contributed by atoms with Gasteiger partial charge in [-0.15, -0.1) is 0 Å². The number of benzene rings is 2. The van der Waals surface area contributed by atoms with Crippen LogP contribution in [-0.4, -0.2) is 0 Å². The molecule has 2 aromatic rings. The van der Waals surface area contributed by atoms with E-state index in [-0.39, 0.29) is 0 Å². The Labute approximate surface area is 135 Å². The van der Waals surface area contributed by atoms with E-state index in [1.54, 1.807) is 0 Å². The van der Waals surface area contributed by atoms with E-state index in [1.165, 1.54) is 22.3 Å². The highest BCUT2D eigenvalue weighted by molar-refractivity contribution is 5.62. The molecule has 0 bridgehead atoms. The summed E-state index contributed by atoms with van der Waals surface area (Å²) < 4.78 is 0. The SMILES string of the molecule is C=C(C)c1ccc(CC(CC)c2ccc(C(=C)C)cc2)cc1. The van der Waals surface area contributed by atoms with E-state index < -0.39 is 0 Å². The van der Waals surface area contributed by atoms with E-state index in [0.717, 1.165) is 24.0 Å². The molecule has 0 N–H and O–H groups in total. The molecule has 0 aliphatic carbocycles. The number of allylic oxidation sites excluding steroid dienone is 2. The van der Waals surface area contributed by atoms with Crippen molar-refractivity contribution < 1.29 is 0 Å². The molecular formula is C22H26. The van der Waals surface area contributed by atoms with Gasteiger partial charge < -0.3 is 0 Å². The minimum atomic E-state index is 0.565. The van der Waals surface area contributed by atoms with Crippen LogP contribution >= 0.6 is 0 Å². The Morgan fingerprint density at radius 2 is 1.27 bits per heavy atom. The minimum absolute atomic E-state index is 0.565. The minimum Gasteiger partial charge on any atom is -0.0955 e. The molecule has 0 saturated carbocycles. The van der Waals surface area contributed by atoms with Crippen LogP contribution in [0.5, 0.6) is 0 Å². The third-order valence-electron chi connectivity index (χ3n) is 4.30. The van der Waals surface area contributed by atoms with Gasteiger partial charge in [0, 0.05) is 0 Å². The van der Waals surface area contributed by atoms with E-state index in [1.807, 2.05) is 6.92 Å². The van der Waals surface area contributed by atoms with Crippen LogP contribution in [0.3, 0.4) is 0 Å². The molecule has 0 aromatic heterocycles. The van der Waals surface area contributed by atoms with Gasteiger partial charge in [-0.05, 0) is 54.9 Å². The van der Waals surface area contributed by atoms with E-state index >= 15 is 0 Å². The Hall–Kier alpha value is -2.08. The molecule has 0 radical (unpaired) electrons. The monoisotopic (exact) mass is 290 g/mol. The summed E-state index contributed by atoms with van der Waals surface area (Å²) in [5, 5.41) is 0. The summed E-state index contributed by atoms with van der Waals surface area (Å²) in [6.45, 7) is 14.4. The summed E-state index contributed by atoms with van der Waals surface area (Å²) in [7, 11) is 0. The maximum Gasteiger partial charge on any atom is -0.0124 e. The molecule has 2 aromatic carbocycles. The van der Waals surface area contributed by atoms with Crippen molar-refractivity contribution in [3.63, 3.8) is 0 Å². The number of hydrogen-bond acceptors (Lipinski definition) is 0. The van der Waals surface area contributed by atoms with Crippen molar-refractivity contribution in [2.45, 2.75) is 39.5 Å². The molecule has 2 rings (SSSR count). The third kappa shape index (κ3) is 3.98. The van der Waals surface area contributed by atoms with Gasteiger partial charge in [0.25, 0.3) is 0 Å². The topological polar surface area (TPSA) is 0 Å². The van der Waals surface area contributed by atoms with Crippen molar-refractivity contribution in [3.05, 3.63) is 83.9 Å². The summed E-state index contributed by atoms with van der Waals surface area (Å²) in [6, 6.07) is 17.7. The molecular weight excluding hydrogens is 264 g/mol. The Morgan fingerprint density at radius 1 is 0.818 bits per heavy atom. The van der Waals surface area contributed by atoms with Crippen molar-refractivity contribution in [2.75, 3.05) is 0 Å². The second kappa shape index (κ2) is 7.26. The van der Waals surface area contributed by atoms with Gasteiger partial charge >= 0.3 is 0 Å². The Kier molecular flexibility index (Phi) is 5.38. The number of hydrogen-bond donors (Lipinski definition) is 0. The van der Waals surface area contributed by atoms with E-state index in [9.17, 15) is 0 Å². The zero-order valence-corrected chi connectivity index (χ0v) is 14.0. The lowest BCUT2D eigenvalue weighted by molar-refractivity contribution is 0.660. The van der Waals surface area contributed by atoms with Crippen LogP contribution in [0.4, 0.5) is 0 Å². The normalized spacial score (nSPS) is 12.0. The first kappa shape index (κ1) is 16.3. The number of rotatable bonds is 6. The van der Waals surface area contributed by atoms with Gasteiger partial charge in [-0.25, -0.2) is 0 Å². The highest BCUT2D eigenvalue weighted by Crippen LogP contribution is 2.26. The maximum absolute atomic E-state index is 4.00. The van der Waals surface area contributed by atoms with Gasteiger partial charge in [-0.2, -0.15) is 0 Å². The lowest BCUT2D eigenvalue weighted by Crippen LogP contribution is -2.02. The van der Waals surface area contributed by atoms with Gasteiger partial charge in [0.1, 0.15) is 0 Å². The molecule has 0 heterocycles. The quantitative estimate of drug-likeness (QED) is 0.570. The highest BCUT2D eigenvalue weighted by Gasteiger charge is 2.10. The summed E-state index contributed by atoms with van der Waals surface area (Å²) in [5.41, 5.74) is 7.49. The van der Waals surface area contributed by atoms with Gasteiger partial charge in [-0.3, -0.25) is 0 Å². The van der Waals surface area contributed by atoms with Gasteiger partial charge in [-0.1, -0.05) is 79.8 Å². The van der Waals surface area contributed by atoms with Crippen molar-refractivity contribution >= 4 is 11.1 Å². The zero-order chi connectivity index (χ0) is 16.1. The highest BCUT2D eigenvalue weighted by atomic mass is 14.2. The maximum atomic E-state index is 4.00. The Morgan fingerprint density at radius 3 is 1.68 bits per heavy atom. The molecule has 0 aliphatic heterocycles. The molecule has 0 heteroatoms. The average molecular weight is 290 g/mol. The summed E-state index contributed by atoms with van der Waals surface area (Å²) in [5.74, 6) is 0.565. The van der Waals surface area contributed by atoms with Crippen LogP contribution in [-0.2, 0) is 6.42 Å². The summed E-state index contributed by atoms with van der Waals surface area (Å²) >= 11 is 0. The summed E-state index contributed by atoms with van der Waals surface area (Å²) in [6.07, 6.45) is 2.23. The molecule has 1 unspecified atom stereocenters. The van der Waals surface area contributed by atoms with Gasteiger partial charge in [0.05, 0.1) is 0 Å². The zero-order valence-electron chi connectivity index (χ0n) is 14.0. The van der Waals surface area contributed by atoms with Crippen LogP contribution in [0.1, 0.15) is 55.4 Å². The first-order chi connectivity index (χ1) is 10.5. The van der Waals surface area contributed by atoms with E-state index in [2.05, 4.69) is 75.5 Å². The fourth-order valence-corrected chi connectivity index (χ4v) is 2.75. The van der Waals surface area contributed by atoms with Crippen molar-refractivity contribution in [1.82, 2.24) is 0 Å². The molecule has 0 nitrogen and oxygen atoms in total. The second-order valence-corrected chi connectivity index (χ2v) is 6.19. The van der Waals surface area contributed by atoms with Gasteiger partial charge in [0.2, 0.25) is 0 Å². The molecule has 0 amide bonds. The first-order valence-corrected chi connectivity index (χ1v) is 8.02. The molecule has 0 saturated heterocycles. The summed E-state index contributed by atoms with van der Waals surface area (Å²) in [4.78, 5) is 0. The van der Waals surface area contributed by atoms with Crippen molar-refractivity contribution in [3.8, 4) is 0 Å². The van der Waals surface area contributed by atoms with Crippen LogP contribution in [0.15, 0.2) is 61.7 Å². The Bertz CT molecular complexity index is 641. The predicted octanol–water partition coefficient (Wildman–Crippen LogP) is 6.49. The van der Waals surface area contributed by atoms with Crippen molar-refractivity contribution in [1.29, 1.82) is 0 Å². The second-order valence-electron chi connectivity index (χ2n) is 6.19. The van der Waals surface area contributed by atoms with E-state index in [0.29, 0.717) is 5.92 Å².